The molecule has 0 atom stereocenters. The SMILES string of the molecule is COC(=O)CCCCCOc1ccc2nc(-c3ccccc3)n(-c3ccc([N+](=O)[O-])cc3)c2c1. The van der Waals surface area contributed by atoms with E-state index in [1.54, 1.807) is 12.1 Å². The van der Waals surface area contributed by atoms with Crippen molar-refractivity contribution < 1.29 is 19.2 Å². The van der Waals surface area contributed by atoms with Gasteiger partial charge in [0.05, 0.1) is 29.7 Å². The maximum Gasteiger partial charge on any atom is 0.305 e. The van der Waals surface area contributed by atoms with Crippen LogP contribution in [0.4, 0.5) is 5.69 Å². The van der Waals surface area contributed by atoms with E-state index in [4.69, 9.17) is 9.72 Å². The third-order valence-electron chi connectivity index (χ3n) is 5.50. The maximum absolute atomic E-state index is 11.2. The van der Waals surface area contributed by atoms with Gasteiger partial charge in [-0.1, -0.05) is 30.3 Å². The van der Waals surface area contributed by atoms with Crippen molar-refractivity contribution in [2.45, 2.75) is 25.7 Å². The predicted molar refractivity (Wildman–Crippen MR) is 129 cm³/mol. The predicted octanol–water partition coefficient (Wildman–Crippen LogP) is 5.71. The summed E-state index contributed by atoms with van der Waals surface area (Å²) in [6.07, 6.45) is 2.88. The van der Waals surface area contributed by atoms with E-state index in [2.05, 4.69) is 4.74 Å². The Labute approximate surface area is 196 Å². The molecule has 3 aromatic carbocycles. The van der Waals surface area contributed by atoms with E-state index in [0.29, 0.717) is 18.8 Å². The third-order valence-corrected chi connectivity index (χ3v) is 5.50. The molecule has 0 unspecified atom stereocenters. The smallest absolute Gasteiger partial charge is 0.305 e. The van der Waals surface area contributed by atoms with Crippen molar-refractivity contribution in [3.63, 3.8) is 0 Å². The first-order chi connectivity index (χ1) is 16.6. The van der Waals surface area contributed by atoms with Crippen molar-refractivity contribution in [3.05, 3.63) is 82.9 Å². The lowest BCUT2D eigenvalue weighted by molar-refractivity contribution is -0.384. The van der Waals surface area contributed by atoms with Gasteiger partial charge in [-0.05, 0) is 43.5 Å². The van der Waals surface area contributed by atoms with Gasteiger partial charge in [0.2, 0.25) is 0 Å². The molecule has 1 aromatic heterocycles. The topological polar surface area (TPSA) is 96.5 Å². The number of nitro benzene ring substituents is 1. The highest BCUT2D eigenvalue weighted by atomic mass is 16.6. The molecule has 8 heteroatoms. The standard InChI is InChI=1S/C26H25N3O5/c1-33-25(30)10-6-3-7-17-34-22-15-16-23-24(18-22)28(20-11-13-21(14-12-20)29(31)32)26(27-23)19-8-4-2-5-9-19/h2,4-5,8-9,11-16,18H,3,6-7,10,17H2,1H3. The second kappa shape index (κ2) is 10.6. The Morgan fingerprint density at radius 1 is 1.00 bits per heavy atom. The van der Waals surface area contributed by atoms with Gasteiger partial charge in [0, 0.05) is 35.9 Å². The summed E-state index contributed by atoms with van der Waals surface area (Å²) in [7, 11) is 1.40. The highest BCUT2D eigenvalue weighted by molar-refractivity contribution is 5.84. The number of nitro groups is 1. The minimum atomic E-state index is -0.412. The summed E-state index contributed by atoms with van der Waals surface area (Å²) in [4.78, 5) is 26.7. The number of rotatable bonds is 10. The van der Waals surface area contributed by atoms with E-state index >= 15 is 0 Å². The molecule has 0 N–H and O–H groups in total. The van der Waals surface area contributed by atoms with Crippen LogP contribution in [-0.4, -0.2) is 34.2 Å². The summed E-state index contributed by atoms with van der Waals surface area (Å²) in [6, 6.07) is 22.0. The first-order valence-electron chi connectivity index (χ1n) is 11.1. The van der Waals surface area contributed by atoms with Crippen LogP contribution in [0.5, 0.6) is 5.75 Å². The Hall–Kier alpha value is -4.20. The number of aromatic nitrogens is 2. The fraction of sp³-hybridized carbons (Fsp3) is 0.231. The summed E-state index contributed by atoms with van der Waals surface area (Å²) >= 11 is 0. The van der Waals surface area contributed by atoms with Crippen molar-refractivity contribution in [1.29, 1.82) is 0 Å². The van der Waals surface area contributed by atoms with Crippen molar-refractivity contribution in [2.24, 2.45) is 0 Å². The minimum Gasteiger partial charge on any atom is -0.494 e. The average Bonchev–Trinajstić information content (AvgIpc) is 3.25. The molecular weight excluding hydrogens is 434 g/mol. The molecule has 0 aliphatic heterocycles. The van der Waals surface area contributed by atoms with E-state index in [9.17, 15) is 14.9 Å². The number of nitrogens with zero attached hydrogens (tertiary/aromatic N) is 3. The van der Waals surface area contributed by atoms with Gasteiger partial charge in [0.15, 0.2) is 0 Å². The van der Waals surface area contributed by atoms with Crippen LogP contribution >= 0.6 is 0 Å². The second-order valence-electron chi connectivity index (χ2n) is 7.80. The molecule has 0 aliphatic rings. The van der Waals surface area contributed by atoms with Crippen LogP contribution in [-0.2, 0) is 9.53 Å². The molecule has 0 saturated carbocycles. The van der Waals surface area contributed by atoms with Gasteiger partial charge in [0.25, 0.3) is 5.69 Å². The highest BCUT2D eigenvalue weighted by Crippen LogP contribution is 2.31. The molecule has 4 rings (SSSR count). The highest BCUT2D eigenvalue weighted by Gasteiger charge is 2.16. The Kier molecular flexibility index (Phi) is 7.17. The molecule has 0 amide bonds. The third kappa shape index (κ3) is 5.23. The Bertz CT molecular complexity index is 1280. The van der Waals surface area contributed by atoms with Gasteiger partial charge >= 0.3 is 5.97 Å². The normalized spacial score (nSPS) is 10.9. The van der Waals surface area contributed by atoms with Crippen molar-refractivity contribution in [3.8, 4) is 22.8 Å². The quantitative estimate of drug-likeness (QED) is 0.130. The summed E-state index contributed by atoms with van der Waals surface area (Å²) < 4.78 is 12.6. The average molecular weight is 460 g/mol. The maximum atomic E-state index is 11.2. The van der Waals surface area contributed by atoms with Crippen LogP contribution < -0.4 is 4.74 Å². The molecule has 1 heterocycles. The second-order valence-corrected chi connectivity index (χ2v) is 7.80. The largest absolute Gasteiger partial charge is 0.494 e. The summed E-state index contributed by atoms with van der Waals surface area (Å²) in [6.45, 7) is 0.532. The number of fused-ring (bicyclic) bond motifs is 1. The van der Waals surface area contributed by atoms with Gasteiger partial charge in [-0.15, -0.1) is 0 Å². The van der Waals surface area contributed by atoms with E-state index < -0.39 is 4.92 Å². The molecular formula is C26H25N3O5. The monoisotopic (exact) mass is 459 g/mol. The molecule has 0 spiro atoms. The van der Waals surface area contributed by atoms with Crippen LogP contribution in [0, 0.1) is 10.1 Å². The number of unbranched alkanes of at least 4 members (excludes halogenated alkanes) is 2. The van der Waals surface area contributed by atoms with E-state index in [0.717, 1.165) is 47.4 Å². The number of ether oxygens (including phenoxy) is 2. The van der Waals surface area contributed by atoms with Gasteiger partial charge in [0.1, 0.15) is 11.6 Å². The van der Waals surface area contributed by atoms with Crippen LogP contribution in [0.1, 0.15) is 25.7 Å². The summed E-state index contributed by atoms with van der Waals surface area (Å²) in [5.74, 6) is 1.26. The number of hydrogen-bond donors (Lipinski definition) is 0. The molecule has 4 aromatic rings. The Morgan fingerprint density at radius 2 is 1.76 bits per heavy atom. The van der Waals surface area contributed by atoms with Crippen LogP contribution in [0.15, 0.2) is 72.8 Å². The van der Waals surface area contributed by atoms with Crippen LogP contribution in [0.2, 0.25) is 0 Å². The van der Waals surface area contributed by atoms with Crippen LogP contribution in [0.25, 0.3) is 28.1 Å². The first-order valence-corrected chi connectivity index (χ1v) is 11.1. The number of esters is 1. The number of hydrogen-bond acceptors (Lipinski definition) is 6. The summed E-state index contributed by atoms with van der Waals surface area (Å²) in [5.41, 5.74) is 3.38. The number of imidazole rings is 1. The van der Waals surface area contributed by atoms with E-state index in [1.807, 2.05) is 53.1 Å². The minimum absolute atomic E-state index is 0.0330. The molecule has 34 heavy (non-hydrogen) atoms. The number of carbonyl (C=O) groups excluding carboxylic acids is 1. The van der Waals surface area contributed by atoms with Crippen molar-refractivity contribution in [2.75, 3.05) is 13.7 Å². The number of carbonyl (C=O) groups is 1. The number of non-ortho nitro benzene ring substituents is 1. The fourth-order valence-electron chi connectivity index (χ4n) is 3.75. The molecule has 0 bridgehead atoms. The fourth-order valence-corrected chi connectivity index (χ4v) is 3.75. The van der Waals surface area contributed by atoms with Crippen molar-refractivity contribution in [1.82, 2.24) is 9.55 Å². The molecule has 8 nitrogen and oxygen atoms in total. The number of benzene rings is 3. The van der Waals surface area contributed by atoms with Gasteiger partial charge < -0.3 is 9.47 Å². The first kappa shape index (κ1) is 23.0. The lowest BCUT2D eigenvalue weighted by Crippen LogP contribution is -2.01. The molecule has 0 saturated heterocycles. The lowest BCUT2D eigenvalue weighted by Gasteiger charge is -2.11. The molecule has 174 valence electrons. The lowest BCUT2D eigenvalue weighted by atomic mass is 10.2. The zero-order valence-corrected chi connectivity index (χ0v) is 18.8. The zero-order chi connectivity index (χ0) is 23.9. The molecule has 0 aliphatic carbocycles. The Balaban J connectivity index is 1.61. The van der Waals surface area contributed by atoms with Gasteiger partial charge in [-0.3, -0.25) is 19.5 Å². The van der Waals surface area contributed by atoms with Crippen LogP contribution in [0.3, 0.4) is 0 Å². The Morgan fingerprint density at radius 3 is 2.47 bits per heavy atom. The van der Waals surface area contributed by atoms with E-state index in [1.165, 1.54) is 19.2 Å². The van der Waals surface area contributed by atoms with Gasteiger partial charge in [-0.2, -0.15) is 0 Å². The molecule has 0 radical (unpaired) electrons. The van der Waals surface area contributed by atoms with E-state index in [-0.39, 0.29) is 11.7 Å². The zero-order valence-electron chi connectivity index (χ0n) is 18.8. The van der Waals surface area contributed by atoms with Gasteiger partial charge in [-0.25, -0.2) is 4.98 Å². The summed E-state index contributed by atoms with van der Waals surface area (Å²) in [5, 5.41) is 11.1. The molecule has 0 fully saturated rings. The number of methoxy groups -OCH3 is 1. The van der Waals surface area contributed by atoms with Crippen molar-refractivity contribution >= 4 is 22.7 Å².